The van der Waals surface area contributed by atoms with Crippen molar-refractivity contribution in [1.82, 2.24) is 9.71 Å². The average molecular weight is 307 g/mol. The fourth-order valence-corrected chi connectivity index (χ4v) is 3.54. The van der Waals surface area contributed by atoms with Crippen molar-refractivity contribution in [3.05, 3.63) is 27.6 Å². The minimum Gasteiger partial charge on any atom is -0.326 e. The maximum absolute atomic E-state index is 12.2. The summed E-state index contributed by atoms with van der Waals surface area (Å²) in [5.41, 5.74) is -0.506. The topological polar surface area (TPSA) is 79.0 Å². The minimum atomic E-state index is -3.67. The van der Waals surface area contributed by atoms with Crippen molar-refractivity contribution in [2.75, 3.05) is 0 Å². The van der Waals surface area contributed by atoms with E-state index in [1.54, 1.807) is 0 Å². The lowest BCUT2D eigenvalue weighted by Crippen LogP contribution is -2.37. The molecule has 0 amide bonds. The van der Waals surface area contributed by atoms with Crippen LogP contribution in [0.15, 0.2) is 22.0 Å². The Labute approximate surface area is 118 Å². The molecule has 1 unspecified atom stereocenters. The molecule has 19 heavy (non-hydrogen) atoms. The van der Waals surface area contributed by atoms with Crippen molar-refractivity contribution >= 4 is 21.6 Å². The molecule has 0 aliphatic carbocycles. The van der Waals surface area contributed by atoms with Crippen LogP contribution < -0.4 is 10.3 Å². The molecular weight excluding hydrogens is 288 g/mol. The van der Waals surface area contributed by atoms with Gasteiger partial charge in [-0.15, -0.1) is 0 Å². The Morgan fingerprint density at radius 1 is 1.37 bits per heavy atom. The predicted molar refractivity (Wildman–Crippen MR) is 75.9 cm³/mol. The van der Waals surface area contributed by atoms with Gasteiger partial charge in [-0.1, -0.05) is 38.3 Å². The van der Waals surface area contributed by atoms with Crippen LogP contribution in [-0.4, -0.2) is 19.4 Å². The summed E-state index contributed by atoms with van der Waals surface area (Å²) in [7, 11) is -3.67. The van der Waals surface area contributed by atoms with Crippen LogP contribution in [0.25, 0.3) is 0 Å². The van der Waals surface area contributed by atoms with Crippen LogP contribution in [0.2, 0.25) is 5.02 Å². The number of hydrogen-bond donors (Lipinski definition) is 2. The lowest BCUT2D eigenvalue weighted by Gasteiger charge is -2.22. The Morgan fingerprint density at radius 2 is 1.95 bits per heavy atom. The number of aromatic amines is 1. The first-order valence-electron chi connectivity index (χ1n) is 6.22. The summed E-state index contributed by atoms with van der Waals surface area (Å²) in [6, 6.07) is 0.980. The van der Waals surface area contributed by atoms with Crippen LogP contribution >= 0.6 is 11.6 Å². The van der Waals surface area contributed by atoms with Crippen molar-refractivity contribution in [2.24, 2.45) is 5.92 Å². The molecule has 1 aromatic rings. The van der Waals surface area contributed by atoms with E-state index in [0.29, 0.717) is 0 Å². The molecule has 0 saturated carbocycles. The summed E-state index contributed by atoms with van der Waals surface area (Å²) >= 11 is 5.64. The standard InChI is InChI=1S/C12H19ClN2O3S/c1-4-9(5-2)8(3)15-19(17,18)10-6-11(13)12(16)14-7-10/h6-9,15H,4-5H2,1-3H3,(H,14,16). The summed E-state index contributed by atoms with van der Waals surface area (Å²) < 4.78 is 26.9. The van der Waals surface area contributed by atoms with E-state index < -0.39 is 15.6 Å². The summed E-state index contributed by atoms with van der Waals surface area (Å²) in [5.74, 6) is 0.271. The number of pyridine rings is 1. The van der Waals surface area contributed by atoms with Gasteiger partial charge in [0.2, 0.25) is 10.0 Å². The molecule has 7 heteroatoms. The maximum Gasteiger partial charge on any atom is 0.266 e. The van der Waals surface area contributed by atoms with Crippen LogP contribution in [0, 0.1) is 5.92 Å². The molecule has 1 rings (SSSR count). The highest BCUT2D eigenvalue weighted by Crippen LogP contribution is 2.16. The molecule has 0 radical (unpaired) electrons. The molecule has 0 saturated heterocycles. The van der Waals surface area contributed by atoms with Gasteiger partial charge in [0.1, 0.15) is 5.02 Å². The second-order valence-corrected chi connectivity index (χ2v) is 6.62. The summed E-state index contributed by atoms with van der Waals surface area (Å²) in [6.45, 7) is 5.88. The molecule has 0 aliphatic rings. The SMILES string of the molecule is CCC(CC)C(C)NS(=O)(=O)c1c[nH]c(=O)c(Cl)c1. The molecular formula is C12H19ClN2O3S. The zero-order chi connectivity index (χ0) is 14.6. The number of halogens is 1. The molecule has 1 aromatic heterocycles. The molecule has 1 heterocycles. The van der Waals surface area contributed by atoms with E-state index in [0.717, 1.165) is 25.1 Å². The van der Waals surface area contributed by atoms with E-state index in [4.69, 9.17) is 11.6 Å². The van der Waals surface area contributed by atoms with Gasteiger partial charge in [0.05, 0.1) is 4.90 Å². The molecule has 108 valence electrons. The second-order valence-electron chi connectivity index (χ2n) is 4.50. The maximum atomic E-state index is 12.2. The van der Waals surface area contributed by atoms with Crippen molar-refractivity contribution in [3.63, 3.8) is 0 Å². The number of aromatic nitrogens is 1. The normalized spacial score (nSPS) is 13.7. The van der Waals surface area contributed by atoms with Crippen LogP contribution in [-0.2, 0) is 10.0 Å². The number of H-pyrrole nitrogens is 1. The largest absolute Gasteiger partial charge is 0.326 e. The third-order valence-corrected chi connectivity index (χ3v) is 5.06. The smallest absolute Gasteiger partial charge is 0.266 e. The van der Waals surface area contributed by atoms with Gasteiger partial charge in [0.15, 0.2) is 0 Å². The first-order valence-corrected chi connectivity index (χ1v) is 8.08. The third kappa shape index (κ3) is 4.06. The lowest BCUT2D eigenvalue weighted by molar-refractivity contribution is 0.390. The molecule has 0 fully saturated rings. The third-order valence-electron chi connectivity index (χ3n) is 3.24. The Balaban J connectivity index is 2.98. The highest BCUT2D eigenvalue weighted by molar-refractivity contribution is 7.89. The van der Waals surface area contributed by atoms with Crippen molar-refractivity contribution in [2.45, 2.75) is 44.6 Å². The van der Waals surface area contributed by atoms with Gasteiger partial charge in [-0.25, -0.2) is 13.1 Å². The molecule has 1 atom stereocenters. The molecule has 0 spiro atoms. The highest BCUT2D eigenvalue weighted by Gasteiger charge is 2.22. The van der Waals surface area contributed by atoms with Crippen molar-refractivity contribution in [3.8, 4) is 0 Å². The van der Waals surface area contributed by atoms with Gasteiger partial charge in [-0.05, 0) is 18.9 Å². The van der Waals surface area contributed by atoms with Crippen LogP contribution in [0.1, 0.15) is 33.6 Å². The predicted octanol–water partition coefficient (Wildman–Crippen LogP) is 2.13. The lowest BCUT2D eigenvalue weighted by atomic mass is 9.96. The van der Waals surface area contributed by atoms with Gasteiger partial charge in [0.25, 0.3) is 5.56 Å². The molecule has 5 nitrogen and oxygen atoms in total. The van der Waals surface area contributed by atoms with Gasteiger partial charge in [-0.3, -0.25) is 4.79 Å². The number of sulfonamides is 1. The summed E-state index contributed by atoms with van der Waals surface area (Å²) in [4.78, 5) is 13.4. The molecule has 2 N–H and O–H groups in total. The molecule has 0 aromatic carbocycles. The Morgan fingerprint density at radius 3 is 2.42 bits per heavy atom. The van der Waals surface area contributed by atoms with E-state index in [1.807, 2.05) is 20.8 Å². The van der Waals surface area contributed by atoms with Crippen LogP contribution in [0.4, 0.5) is 0 Å². The quantitative estimate of drug-likeness (QED) is 0.845. The van der Waals surface area contributed by atoms with Crippen LogP contribution in [0.5, 0.6) is 0 Å². The number of nitrogens with one attached hydrogen (secondary N) is 2. The van der Waals surface area contributed by atoms with Crippen LogP contribution in [0.3, 0.4) is 0 Å². The van der Waals surface area contributed by atoms with Gasteiger partial charge in [0, 0.05) is 12.2 Å². The zero-order valence-electron chi connectivity index (χ0n) is 11.2. The fraction of sp³-hybridized carbons (Fsp3) is 0.583. The monoisotopic (exact) mass is 306 g/mol. The highest BCUT2D eigenvalue weighted by atomic mass is 35.5. The van der Waals surface area contributed by atoms with E-state index >= 15 is 0 Å². The average Bonchev–Trinajstić information content (AvgIpc) is 2.33. The Kier molecular flexibility index (Phi) is 5.58. The molecule has 0 bridgehead atoms. The van der Waals surface area contributed by atoms with Crippen molar-refractivity contribution in [1.29, 1.82) is 0 Å². The van der Waals surface area contributed by atoms with E-state index in [2.05, 4.69) is 9.71 Å². The van der Waals surface area contributed by atoms with Gasteiger partial charge >= 0.3 is 0 Å². The van der Waals surface area contributed by atoms with Gasteiger partial charge < -0.3 is 4.98 Å². The summed E-state index contributed by atoms with van der Waals surface area (Å²) in [6.07, 6.45) is 2.94. The van der Waals surface area contributed by atoms with Crippen molar-refractivity contribution < 1.29 is 8.42 Å². The minimum absolute atomic E-state index is 0.0325. The number of hydrogen-bond acceptors (Lipinski definition) is 3. The first kappa shape index (κ1) is 16.2. The first-order chi connectivity index (χ1) is 8.81. The van der Waals surface area contributed by atoms with E-state index in [9.17, 15) is 13.2 Å². The van der Waals surface area contributed by atoms with E-state index in [-0.39, 0.29) is 21.9 Å². The fourth-order valence-electron chi connectivity index (χ4n) is 2.00. The zero-order valence-corrected chi connectivity index (χ0v) is 12.8. The Hall–Kier alpha value is -0.850. The Bertz CT molecular complexity index is 579. The number of rotatable bonds is 6. The summed E-state index contributed by atoms with van der Waals surface area (Å²) in [5, 5.41) is -0.141. The van der Waals surface area contributed by atoms with Gasteiger partial charge in [-0.2, -0.15) is 0 Å². The second kappa shape index (κ2) is 6.54. The molecule has 0 aliphatic heterocycles. The van der Waals surface area contributed by atoms with E-state index in [1.165, 1.54) is 0 Å².